The maximum absolute atomic E-state index is 10.9. The molecule has 0 aromatic heterocycles. The molecular formula is C15H22N2O4. The Morgan fingerprint density at radius 2 is 2.10 bits per heavy atom. The molecule has 0 heterocycles. The highest BCUT2D eigenvalue weighted by Gasteiger charge is 2.22. The van der Waals surface area contributed by atoms with Crippen molar-refractivity contribution in [2.45, 2.75) is 50.9 Å². The number of ether oxygens (including phenoxy) is 2. The van der Waals surface area contributed by atoms with Crippen molar-refractivity contribution >= 4 is 5.69 Å². The van der Waals surface area contributed by atoms with E-state index < -0.39 is 4.92 Å². The van der Waals surface area contributed by atoms with Crippen LogP contribution in [0.2, 0.25) is 0 Å². The summed E-state index contributed by atoms with van der Waals surface area (Å²) in [5.41, 5.74) is 6.85. The summed E-state index contributed by atoms with van der Waals surface area (Å²) >= 11 is 0. The first-order valence-electron chi connectivity index (χ1n) is 7.30. The van der Waals surface area contributed by atoms with Crippen molar-refractivity contribution in [1.82, 2.24) is 0 Å². The minimum atomic E-state index is -0.416. The first-order valence-corrected chi connectivity index (χ1v) is 7.30. The number of rotatable bonds is 5. The van der Waals surface area contributed by atoms with Crippen LogP contribution in [0.1, 0.15) is 37.7 Å². The summed E-state index contributed by atoms with van der Waals surface area (Å²) in [6, 6.07) is 4.57. The predicted octanol–water partition coefficient (Wildman–Crippen LogP) is 2.78. The molecule has 1 saturated carbocycles. The van der Waals surface area contributed by atoms with Gasteiger partial charge in [0.25, 0.3) is 5.69 Å². The van der Waals surface area contributed by atoms with Gasteiger partial charge < -0.3 is 15.2 Å². The van der Waals surface area contributed by atoms with Gasteiger partial charge in [0.05, 0.1) is 24.7 Å². The predicted molar refractivity (Wildman–Crippen MR) is 79.3 cm³/mol. The highest BCUT2D eigenvalue weighted by atomic mass is 16.6. The number of hydrogen-bond donors (Lipinski definition) is 1. The number of nitrogens with two attached hydrogens (primary N) is 1. The Bertz CT molecular complexity index is 493. The van der Waals surface area contributed by atoms with Gasteiger partial charge in [-0.25, -0.2) is 0 Å². The maximum Gasteiger partial charge on any atom is 0.270 e. The van der Waals surface area contributed by atoms with Crippen LogP contribution in [0, 0.1) is 10.1 Å². The Morgan fingerprint density at radius 1 is 1.33 bits per heavy atom. The molecule has 0 saturated heterocycles. The number of nitro groups is 1. The van der Waals surface area contributed by atoms with Gasteiger partial charge in [-0.3, -0.25) is 10.1 Å². The topological polar surface area (TPSA) is 87.6 Å². The van der Waals surface area contributed by atoms with Crippen molar-refractivity contribution in [3.8, 4) is 5.75 Å². The van der Waals surface area contributed by atoms with Gasteiger partial charge in [-0.05, 0) is 18.9 Å². The van der Waals surface area contributed by atoms with E-state index in [-0.39, 0.29) is 24.4 Å². The summed E-state index contributed by atoms with van der Waals surface area (Å²) < 4.78 is 11.1. The Hall–Kier alpha value is -1.66. The van der Waals surface area contributed by atoms with Crippen molar-refractivity contribution in [2.75, 3.05) is 7.11 Å². The van der Waals surface area contributed by atoms with E-state index in [1.54, 1.807) is 13.2 Å². The second kappa shape index (κ2) is 7.38. The Labute approximate surface area is 124 Å². The zero-order valence-corrected chi connectivity index (χ0v) is 12.3. The third kappa shape index (κ3) is 4.15. The summed E-state index contributed by atoms with van der Waals surface area (Å²) in [5, 5.41) is 10.9. The number of nitrogens with zero attached hydrogens (tertiary/aromatic N) is 1. The third-order valence-corrected chi connectivity index (χ3v) is 3.93. The van der Waals surface area contributed by atoms with Crippen molar-refractivity contribution < 1.29 is 14.4 Å². The van der Waals surface area contributed by atoms with Crippen molar-refractivity contribution in [2.24, 2.45) is 5.73 Å². The molecule has 0 amide bonds. The maximum atomic E-state index is 10.9. The van der Waals surface area contributed by atoms with E-state index in [2.05, 4.69) is 0 Å². The van der Waals surface area contributed by atoms with Crippen molar-refractivity contribution in [3.63, 3.8) is 0 Å². The first kappa shape index (κ1) is 15.7. The first-order chi connectivity index (χ1) is 10.1. The van der Waals surface area contributed by atoms with Gasteiger partial charge in [0.2, 0.25) is 0 Å². The van der Waals surface area contributed by atoms with Gasteiger partial charge in [0, 0.05) is 23.7 Å². The molecule has 2 rings (SSSR count). The van der Waals surface area contributed by atoms with Crippen LogP contribution in [-0.2, 0) is 11.3 Å². The Kier molecular flexibility index (Phi) is 5.52. The molecule has 116 valence electrons. The molecule has 0 radical (unpaired) electrons. The molecule has 0 aliphatic heterocycles. The van der Waals surface area contributed by atoms with Crippen LogP contribution >= 0.6 is 0 Å². The molecular weight excluding hydrogens is 272 g/mol. The van der Waals surface area contributed by atoms with Crippen LogP contribution in [0.3, 0.4) is 0 Å². The fourth-order valence-corrected chi connectivity index (χ4v) is 2.70. The van der Waals surface area contributed by atoms with E-state index in [4.69, 9.17) is 15.2 Å². The molecule has 2 N–H and O–H groups in total. The van der Waals surface area contributed by atoms with E-state index in [0.717, 1.165) is 25.7 Å². The number of benzene rings is 1. The van der Waals surface area contributed by atoms with Gasteiger partial charge in [-0.15, -0.1) is 0 Å². The monoisotopic (exact) mass is 294 g/mol. The van der Waals surface area contributed by atoms with Crippen molar-refractivity contribution in [3.05, 3.63) is 33.9 Å². The lowest BCUT2D eigenvalue weighted by molar-refractivity contribution is -0.385. The van der Waals surface area contributed by atoms with Crippen LogP contribution < -0.4 is 10.5 Å². The average molecular weight is 294 g/mol. The molecule has 1 aromatic rings. The smallest absolute Gasteiger partial charge is 0.270 e. The second-order valence-corrected chi connectivity index (χ2v) is 5.40. The molecule has 2 atom stereocenters. The van der Waals surface area contributed by atoms with Crippen LogP contribution in [0.15, 0.2) is 18.2 Å². The van der Waals surface area contributed by atoms with Gasteiger partial charge in [0.15, 0.2) is 0 Å². The molecule has 1 aromatic carbocycles. The fraction of sp³-hybridized carbons (Fsp3) is 0.600. The number of non-ortho nitro benzene ring substituents is 1. The minimum Gasteiger partial charge on any atom is -0.496 e. The second-order valence-electron chi connectivity index (χ2n) is 5.40. The zero-order valence-electron chi connectivity index (χ0n) is 12.3. The molecule has 2 unspecified atom stereocenters. The van der Waals surface area contributed by atoms with Crippen LogP contribution in [0.5, 0.6) is 5.75 Å². The molecule has 1 aliphatic carbocycles. The highest BCUT2D eigenvalue weighted by Crippen LogP contribution is 2.26. The third-order valence-electron chi connectivity index (χ3n) is 3.93. The normalized spacial score (nSPS) is 22.6. The van der Waals surface area contributed by atoms with E-state index in [1.807, 2.05) is 0 Å². The van der Waals surface area contributed by atoms with Gasteiger partial charge in [0.1, 0.15) is 5.75 Å². The molecule has 1 aliphatic rings. The van der Waals surface area contributed by atoms with Gasteiger partial charge >= 0.3 is 0 Å². The standard InChI is InChI=1S/C15H22N2O4/c1-20-14-8-7-12(17(18)19)9-11(14)10-21-15-6-4-2-3-5-13(15)16/h7-9,13,15H,2-6,10,16H2,1H3. The minimum absolute atomic E-state index is 0.0106. The Balaban J connectivity index is 2.07. The molecule has 6 heteroatoms. The lowest BCUT2D eigenvalue weighted by atomic mass is 10.1. The van der Waals surface area contributed by atoms with Gasteiger partial charge in [-0.1, -0.05) is 19.3 Å². The number of nitro benzene ring substituents is 1. The molecule has 6 nitrogen and oxygen atoms in total. The number of hydrogen-bond acceptors (Lipinski definition) is 5. The summed E-state index contributed by atoms with van der Waals surface area (Å²) in [7, 11) is 1.54. The summed E-state index contributed by atoms with van der Waals surface area (Å²) in [5.74, 6) is 0.600. The van der Waals surface area contributed by atoms with E-state index in [0.29, 0.717) is 11.3 Å². The van der Waals surface area contributed by atoms with Crippen LogP contribution in [-0.4, -0.2) is 24.2 Å². The summed E-state index contributed by atoms with van der Waals surface area (Å²) in [4.78, 5) is 10.4. The lowest BCUT2D eigenvalue weighted by Gasteiger charge is -2.22. The van der Waals surface area contributed by atoms with Gasteiger partial charge in [-0.2, -0.15) is 0 Å². The molecule has 21 heavy (non-hydrogen) atoms. The molecule has 1 fully saturated rings. The Morgan fingerprint density at radius 3 is 2.81 bits per heavy atom. The molecule has 0 spiro atoms. The molecule has 0 bridgehead atoms. The fourth-order valence-electron chi connectivity index (χ4n) is 2.70. The zero-order chi connectivity index (χ0) is 15.2. The van der Waals surface area contributed by atoms with E-state index in [9.17, 15) is 10.1 Å². The quantitative estimate of drug-likeness (QED) is 0.512. The number of methoxy groups -OCH3 is 1. The van der Waals surface area contributed by atoms with E-state index >= 15 is 0 Å². The summed E-state index contributed by atoms with van der Waals surface area (Å²) in [6.45, 7) is 0.281. The summed E-state index contributed by atoms with van der Waals surface area (Å²) in [6.07, 6.45) is 5.37. The highest BCUT2D eigenvalue weighted by molar-refractivity contribution is 5.43. The van der Waals surface area contributed by atoms with E-state index in [1.165, 1.54) is 18.6 Å². The van der Waals surface area contributed by atoms with Crippen LogP contribution in [0.4, 0.5) is 5.69 Å². The largest absolute Gasteiger partial charge is 0.496 e. The van der Waals surface area contributed by atoms with Crippen LogP contribution in [0.25, 0.3) is 0 Å². The van der Waals surface area contributed by atoms with Crippen molar-refractivity contribution in [1.29, 1.82) is 0 Å². The average Bonchev–Trinajstić information content (AvgIpc) is 2.69. The lowest BCUT2D eigenvalue weighted by Crippen LogP contribution is -2.35. The SMILES string of the molecule is COc1ccc([N+](=O)[O-])cc1COC1CCCCCC1N.